The molecule has 3 aromatic carbocycles. The Bertz CT molecular complexity index is 1400. The number of aromatic nitrogens is 2. The molecule has 0 spiro atoms. The minimum atomic E-state index is -0.570. The molecule has 0 saturated heterocycles. The van der Waals surface area contributed by atoms with Gasteiger partial charge in [0.2, 0.25) is 0 Å². The zero-order valence-electron chi connectivity index (χ0n) is 19.7. The summed E-state index contributed by atoms with van der Waals surface area (Å²) in [7, 11) is 0. The van der Waals surface area contributed by atoms with Gasteiger partial charge in [-0.2, -0.15) is 0 Å². The summed E-state index contributed by atoms with van der Waals surface area (Å²) in [5.41, 5.74) is 0.898. The van der Waals surface area contributed by atoms with E-state index in [1.165, 1.54) is 47.0 Å². The lowest BCUT2D eigenvalue weighted by molar-refractivity contribution is 0.0655. The normalized spacial score (nSPS) is 12.0. The molecule has 4 rings (SSSR count). The predicted octanol–water partition coefficient (Wildman–Crippen LogP) is 6.06. The first-order valence-electron chi connectivity index (χ1n) is 11.8. The Balaban J connectivity index is 1.94. The van der Waals surface area contributed by atoms with Crippen molar-refractivity contribution >= 4 is 16.8 Å². The zero-order chi connectivity index (χ0) is 24.9. The summed E-state index contributed by atoms with van der Waals surface area (Å²) in [4.78, 5) is 33.8. The van der Waals surface area contributed by atoms with Crippen molar-refractivity contribution in [3.8, 4) is 5.69 Å². The summed E-state index contributed by atoms with van der Waals surface area (Å²) in [5.74, 6) is -0.872. The molecule has 7 heteroatoms. The number of para-hydroxylation sites is 1. The van der Waals surface area contributed by atoms with Gasteiger partial charge in [-0.1, -0.05) is 38.5 Å². The molecule has 1 amide bonds. The van der Waals surface area contributed by atoms with E-state index >= 15 is 0 Å². The lowest BCUT2D eigenvalue weighted by atomic mass is 10.1. The molecule has 1 heterocycles. The van der Waals surface area contributed by atoms with Crippen molar-refractivity contribution in [2.24, 2.45) is 0 Å². The van der Waals surface area contributed by atoms with E-state index in [-0.39, 0.29) is 17.0 Å². The quantitative estimate of drug-likeness (QED) is 0.311. The smallest absolute Gasteiger partial charge is 0.266 e. The number of unbranched alkanes of at least 4 members (excludes halogenated alkanes) is 1. The summed E-state index contributed by atoms with van der Waals surface area (Å²) in [6.07, 6.45) is 2.04. The van der Waals surface area contributed by atoms with E-state index in [4.69, 9.17) is 4.98 Å². The molecule has 4 aromatic rings. The number of amides is 1. The second-order valence-electron chi connectivity index (χ2n) is 8.39. The van der Waals surface area contributed by atoms with Gasteiger partial charge in [0.1, 0.15) is 17.5 Å². The maximum Gasteiger partial charge on any atom is 0.266 e. The topological polar surface area (TPSA) is 55.2 Å². The third kappa shape index (κ3) is 4.99. The van der Waals surface area contributed by atoms with Crippen molar-refractivity contribution < 1.29 is 13.6 Å². The number of fused-ring (bicyclic) bond motifs is 1. The average molecular weight is 476 g/mol. The van der Waals surface area contributed by atoms with E-state index in [1.54, 1.807) is 35.2 Å². The van der Waals surface area contributed by atoms with E-state index in [0.717, 1.165) is 12.8 Å². The van der Waals surface area contributed by atoms with Crippen LogP contribution in [0.1, 0.15) is 55.3 Å². The second-order valence-corrected chi connectivity index (χ2v) is 8.39. The summed E-state index contributed by atoms with van der Waals surface area (Å²) < 4.78 is 29.1. The largest absolute Gasteiger partial charge is 0.328 e. The molecule has 0 aliphatic rings. The summed E-state index contributed by atoms with van der Waals surface area (Å²) in [6, 6.07) is 17.7. The molecule has 0 N–H and O–H groups in total. The van der Waals surface area contributed by atoms with E-state index in [2.05, 4.69) is 0 Å². The average Bonchev–Trinajstić information content (AvgIpc) is 2.87. The summed E-state index contributed by atoms with van der Waals surface area (Å²) in [5, 5.41) is 0.423. The number of hydrogen-bond donors (Lipinski definition) is 0. The third-order valence-electron chi connectivity index (χ3n) is 6.03. The highest BCUT2D eigenvalue weighted by Gasteiger charge is 2.29. The van der Waals surface area contributed by atoms with Crippen LogP contribution >= 0.6 is 0 Å². The first-order chi connectivity index (χ1) is 16.9. The van der Waals surface area contributed by atoms with Crippen molar-refractivity contribution in [1.82, 2.24) is 14.5 Å². The van der Waals surface area contributed by atoms with Crippen LogP contribution < -0.4 is 5.56 Å². The van der Waals surface area contributed by atoms with Gasteiger partial charge in [-0.15, -0.1) is 0 Å². The fourth-order valence-corrected chi connectivity index (χ4v) is 4.27. The van der Waals surface area contributed by atoms with Gasteiger partial charge in [0.15, 0.2) is 0 Å². The molecule has 1 atom stereocenters. The molecule has 0 bridgehead atoms. The standard InChI is InChI=1S/C28H27F2N3O2/c1-3-5-17-32(27(34)19-9-8-10-21(30)18-19)25(4-2)26-31-24-12-7-6-11-23(24)28(35)33(26)22-15-13-20(29)14-16-22/h6-16,18,25H,3-5,17H2,1-2H3. The van der Waals surface area contributed by atoms with Crippen LogP contribution in [-0.2, 0) is 0 Å². The first-order valence-corrected chi connectivity index (χ1v) is 11.8. The van der Waals surface area contributed by atoms with Crippen LogP contribution in [0.2, 0.25) is 0 Å². The summed E-state index contributed by atoms with van der Waals surface area (Å²) in [6.45, 7) is 4.35. The van der Waals surface area contributed by atoms with Crippen LogP contribution in [0.25, 0.3) is 16.6 Å². The molecule has 1 unspecified atom stereocenters. The van der Waals surface area contributed by atoms with Gasteiger partial charge < -0.3 is 4.90 Å². The number of rotatable bonds is 8. The number of carbonyl (C=O) groups excluding carboxylic acids is 1. The lowest BCUT2D eigenvalue weighted by Crippen LogP contribution is -2.39. The molecular weight excluding hydrogens is 448 g/mol. The maximum atomic E-state index is 13.9. The number of benzene rings is 3. The minimum absolute atomic E-state index is 0.232. The van der Waals surface area contributed by atoms with Crippen LogP contribution in [-0.4, -0.2) is 26.9 Å². The molecule has 180 valence electrons. The Labute approximate surface area is 202 Å². The SMILES string of the molecule is CCCCN(C(=O)c1cccc(F)c1)C(CC)c1nc2ccccc2c(=O)n1-c1ccc(F)cc1. The highest BCUT2D eigenvalue weighted by atomic mass is 19.1. The van der Waals surface area contributed by atoms with E-state index < -0.39 is 17.7 Å². The van der Waals surface area contributed by atoms with Gasteiger partial charge >= 0.3 is 0 Å². The number of halogens is 2. The molecule has 0 radical (unpaired) electrons. The van der Waals surface area contributed by atoms with E-state index in [0.29, 0.717) is 35.4 Å². The number of nitrogens with zero attached hydrogens (tertiary/aromatic N) is 3. The predicted molar refractivity (Wildman–Crippen MR) is 133 cm³/mol. The van der Waals surface area contributed by atoms with Gasteiger partial charge in [-0.25, -0.2) is 13.8 Å². The molecule has 5 nitrogen and oxygen atoms in total. The van der Waals surface area contributed by atoms with Gasteiger partial charge in [-0.3, -0.25) is 14.2 Å². The van der Waals surface area contributed by atoms with Gasteiger partial charge in [-0.05, 0) is 67.4 Å². The molecule has 0 aliphatic heterocycles. The van der Waals surface area contributed by atoms with Gasteiger partial charge in [0.25, 0.3) is 11.5 Å². The minimum Gasteiger partial charge on any atom is -0.328 e. The zero-order valence-corrected chi connectivity index (χ0v) is 19.7. The molecular formula is C28H27F2N3O2. The maximum absolute atomic E-state index is 13.9. The highest BCUT2D eigenvalue weighted by Crippen LogP contribution is 2.28. The molecule has 0 aliphatic carbocycles. The number of carbonyl (C=O) groups is 1. The van der Waals surface area contributed by atoms with E-state index in [1.807, 2.05) is 13.8 Å². The van der Waals surface area contributed by atoms with Crippen LogP contribution in [0.4, 0.5) is 8.78 Å². The molecule has 0 fully saturated rings. The highest BCUT2D eigenvalue weighted by molar-refractivity contribution is 5.94. The monoisotopic (exact) mass is 475 g/mol. The van der Waals surface area contributed by atoms with Crippen molar-refractivity contribution in [2.45, 2.75) is 39.2 Å². The fraction of sp³-hybridized carbons (Fsp3) is 0.250. The van der Waals surface area contributed by atoms with Crippen molar-refractivity contribution in [2.75, 3.05) is 6.54 Å². The van der Waals surface area contributed by atoms with Crippen molar-refractivity contribution in [3.05, 3.63) is 106 Å². The summed E-state index contributed by atoms with van der Waals surface area (Å²) >= 11 is 0. The lowest BCUT2D eigenvalue weighted by Gasteiger charge is -2.32. The van der Waals surface area contributed by atoms with Crippen molar-refractivity contribution in [3.63, 3.8) is 0 Å². The first kappa shape index (κ1) is 24.3. The van der Waals surface area contributed by atoms with Gasteiger partial charge in [0.05, 0.1) is 22.6 Å². The Morgan fingerprint density at radius 2 is 1.71 bits per heavy atom. The molecule has 0 saturated carbocycles. The Kier molecular flexibility index (Phi) is 7.34. The fourth-order valence-electron chi connectivity index (χ4n) is 4.27. The van der Waals surface area contributed by atoms with Crippen LogP contribution in [0, 0.1) is 11.6 Å². The third-order valence-corrected chi connectivity index (χ3v) is 6.03. The van der Waals surface area contributed by atoms with Gasteiger partial charge in [0, 0.05) is 12.1 Å². The van der Waals surface area contributed by atoms with E-state index in [9.17, 15) is 18.4 Å². The number of hydrogen-bond acceptors (Lipinski definition) is 3. The second kappa shape index (κ2) is 10.6. The van der Waals surface area contributed by atoms with Crippen LogP contribution in [0.3, 0.4) is 0 Å². The Morgan fingerprint density at radius 1 is 0.971 bits per heavy atom. The van der Waals surface area contributed by atoms with Crippen LogP contribution in [0.5, 0.6) is 0 Å². The van der Waals surface area contributed by atoms with Crippen molar-refractivity contribution in [1.29, 1.82) is 0 Å². The molecule has 35 heavy (non-hydrogen) atoms. The Hall–Kier alpha value is -3.87. The molecule has 1 aromatic heterocycles. The Morgan fingerprint density at radius 3 is 2.40 bits per heavy atom. The van der Waals surface area contributed by atoms with Crippen LogP contribution in [0.15, 0.2) is 77.6 Å².